The maximum absolute atomic E-state index is 4.00. The van der Waals surface area contributed by atoms with Crippen molar-refractivity contribution in [1.82, 2.24) is 10.3 Å². The molecule has 2 N–H and O–H groups in total. The normalized spacial score (nSPS) is 33.9. The molecule has 74 valence electrons. The average molecular weight is 189 g/mol. The van der Waals surface area contributed by atoms with Crippen LogP contribution in [0.4, 0.5) is 5.69 Å². The van der Waals surface area contributed by atoms with E-state index in [0.717, 1.165) is 24.3 Å². The van der Waals surface area contributed by atoms with Crippen molar-refractivity contribution in [2.75, 3.05) is 25.0 Å². The van der Waals surface area contributed by atoms with Gasteiger partial charge in [-0.2, -0.15) is 0 Å². The first-order valence-electron chi connectivity index (χ1n) is 5.30. The summed E-state index contributed by atoms with van der Waals surface area (Å²) in [5.41, 5.74) is 1.19. The number of aromatic nitrogens is 1. The average Bonchev–Trinajstić information content (AvgIpc) is 2.69. The second-order valence-corrected chi connectivity index (χ2v) is 4.27. The number of nitrogens with one attached hydrogen (secondary N) is 2. The third kappa shape index (κ3) is 1.38. The number of anilines is 1. The largest absolute Gasteiger partial charge is 0.385 e. The van der Waals surface area contributed by atoms with Crippen LogP contribution in [0.1, 0.15) is 0 Å². The van der Waals surface area contributed by atoms with Crippen LogP contribution in [-0.2, 0) is 0 Å². The lowest BCUT2D eigenvalue weighted by Crippen LogP contribution is -2.18. The van der Waals surface area contributed by atoms with Crippen LogP contribution in [0.3, 0.4) is 0 Å². The lowest BCUT2D eigenvalue weighted by Gasteiger charge is -2.07. The number of nitrogens with zero attached hydrogens (tertiary/aromatic N) is 1. The Bertz CT molecular complexity index is 302. The Kier molecular flexibility index (Phi) is 1.91. The third-order valence-electron chi connectivity index (χ3n) is 3.49. The quantitative estimate of drug-likeness (QED) is 0.743. The molecule has 0 bridgehead atoms. The molecular weight excluding hydrogens is 174 g/mol. The minimum absolute atomic E-state index is 0.907. The van der Waals surface area contributed by atoms with Gasteiger partial charge in [0.2, 0.25) is 0 Å². The van der Waals surface area contributed by atoms with Crippen molar-refractivity contribution < 1.29 is 0 Å². The summed E-state index contributed by atoms with van der Waals surface area (Å²) in [5.74, 6) is 2.80. The standard InChI is InChI=1S/C11H15N3/c1-3-12-4-2-8(1)14-7-11-9-5-13-6-10(9)11/h1-4,9-11,13H,5-7H2,(H,12,14). The lowest BCUT2D eigenvalue weighted by molar-refractivity contribution is 0.615. The molecule has 0 spiro atoms. The molecule has 3 heteroatoms. The molecule has 0 aromatic carbocycles. The van der Waals surface area contributed by atoms with Gasteiger partial charge in [0, 0.05) is 24.6 Å². The fraction of sp³-hybridized carbons (Fsp3) is 0.545. The molecule has 1 aromatic heterocycles. The van der Waals surface area contributed by atoms with Gasteiger partial charge in [-0.25, -0.2) is 0 Å². The molecule has 14 heavy (non-hydrogen) atoms. The van der Waals surface area contributed by atoms with Crippen molar-refractivity contribution in [2.24, 2.45) is 17.8 Å². The molecule has 3 nitrogen and oxygen atoms in total. The maximum atomic E-state index is 4.00. The van der Waals surface area contributed by atoms with Crippen LogP contribution >= 0.6 is 0 Å². The van der Waals surface area contributed by atoms with Crippen LogP contribution in [0.2, 0.25) is 0 Å². The van der Waals surface area contributed by atoms with Crippen LogP contribution in [0.25, 0.3) is 0 Å². The van der Waals surface area contributed by atoms with Crippen LogP contribution in [-0.4, -0.2) is 24.6 Å². The minimum atomic E-state index is 0.907. The lowest BCUT2D eigenvalue weighted by atomic mass is 10.2. The summed E-state index contributed by atoms with van der Waals surface area (Å²) in [5, 5.41) is 6.88. The first kappa shape index (κ1) is 8.24. The summed E-state index contributed by atoms with van der Waals surface area (Å²) in [7, 11) is 0. The number of hydrogen-bond donors (Lipinski definition) is 2. The fourth-order valence-corrected chi connectivity index (χ4v) is 2.55. The molecule has 2 aliphatic rings. The molecule has 1 aliphatic heterocycles. The van der Waals surface area contributed by atoms with E-state index in [1.165, 1.54) is 18.8 Å². The highest BCUT2D eigenvalue weighted by Gasteiger charge is 2.52. The van der Waals surface area contributed by atoms with E-state index in [-0.39, 0.29) is 0 Å². The SMILES string of the molecule is c1cc(NCC2C3CNCC32)ccn1. The number of rotatable bonds is 3. The van der Waals surface area contributed by atoms with Gasteiger partial charge in [0.1, 0.15) is 0 Å². The highest BCUT2D eigenvalue weighted by molar-refractivity contribution is 5.41. The topological polar surface area (TPSA) is 37.0 Å². The van der Waals surface area contributed by atoms with Gasteiger partial charge >= 0.3 is 0 Å². The van der Waals surface area contributed by atoms with Gasteiger partial charge in [-0.3, -0.25) is 4.98 Å². The van der Waals surface area contributed by atoms with E-state index in [1.807, 2.05) is 24.5 Å². The number of pyridine rings is 1. The Morgan fingerprint density at radius 3 is 2.71 bits per heavy atom. The van der Waals surface area contributed by atoms with E-state index < -0.39 is 0 Å². The van der Waals surface area contributed by atoms with E-state index in [4.69, 9.17) is 0 Å². The predicted octanol–water partition coefficient (Wildman–Crippen LogP) is 0.959. The van der Waals surface area contributed by atoms with Crippen molar-refractivity contribution in [3.63, 3.8) is 0 Å². The number of fused-ring (bicyclic) bond motifs is 1. The first-order valence-corrected chi connectivity index (χ1v) is 5.30. The summed E-state index contributed by atoms with van der Waals surface area (Å²) in [6.07, 6.45) is 3.66. The number of hydrogen-bond acceptors (Lipinski definition) is 3. The smallest absolute Gasteiger partial charge is 0.0371 e. The van der Waals surface area contributed by atoms with E-state index in [9.17, 15) is 0 Å². The molecule has 3 rings (SSSR count). The molecule has 2 unspecified atom stereocenters. The van der Waals surface area contributed by atoms with Crippen molar-refractivity contribution in [2.45, 2.75) is 0 Å². The second kappa shape index (κ2) is 3.24. The predicted molar refractivity (Wildman–Crippen MR) is 56.1 cm³/mol. The maximum Gasteiger partial charge on any atom is 0.0371 e. The number of piperidine rings is 1. The van der Waals surface area contributed by atoms with Gasteiger partial charge in [-0.1, -0.05) is 0 Å². The van der Waals surface area contributed by atoms with Crippen LogP contribution in [0.5, 0.6) is 0 Å². The van der Waals surface area contributed by atoms with Gasteiger partial charge in [-0.05, 0) is 43.0 Å². The van der Waals surface area contributed by atoms with Crippen LogP contribution < -0.4 is 10.6 Å². The Morgan fingerprint density at radius 2 is 2.00 bits per heavy atom. The monoisotopic (exact) mass is 189 g/mol. The Morgan fingerprint density at radius 1 is 1.29 bits per heavy atom. The van der Waals surface area contributed by atoms with Crippen molar-refractivity contribution in [3.8, 4) is 0 Å². The van der Waals surface area contributed by atoms with E-state index >= 15 is 0 Å². The highest BCUT2D eigenvalue weighted by atomic mass is 15.0. The summed E-state index contributed by atoms with van der Waals surface area (Å²) in [4.78, 5) is 4.00. The molecular formula is C11H15N3. The van der Waals surface area contributed by atoms with Crippen molar-refractivity contribution >= 4 is 5.69 Å². The van der Waals surface area contributed by atoms with Crippen LogP contribution in [0, 0.1) is 17.8 Å². The highest BCUT2D eigenvalue weighted by Crippen LogP contribution is 2.48. The molecule has 2 fully saturated rings. The first-order chi connectivity index (χ1) is 6.95. The molecule has 2 atom stereocenters. The van der Waals surface area contributed by atoms with Gasteiger partial charge in [-0.15, -0.1) is 0 Å². The zero-order chi connectivity index (χ0) is 9.38. The van der Waals surface area contributed by atoms with Gasteiger partial charge in [0.25, 0.3) is 0 Å². The van der Waals surface area contributed by atoms with E-state index in [2.05, 4.69) is 15.6 Å². The molecule has 2 heterocycles. The third-order valence-corrected chi connectivity index (χ3v) is 3.49. The van der Waals surface area contributed by atoms with Crippen LogP contribution in [0.15, 0.2) is 24.5 Å². The molecule has 0 radical (unpaired) electrons. The molecule has 1 saturated carbocycles. The van der Waals surface area contributed by atoms with Gasteiger partial charge < -0.3 is 10.6 Å². The fourth-order valence-electron chi connectivity index (χ4n) is 2.55. The molecule has 1 aromatic rings. The minimum Gasteiger partial charge on any atom is -0.385 e. The Labute approximate surface area is 83.9 Å². The Balaban J connectivity index is 1.52. The van der Waals surface area contributed by atoms with Gasteiger partial charge in [0.05, 0.1) is 0 Å². The summed E-state index contributed by atoms with van der Waals surface area (Å²) >= 11 is 0. The molecule has 1 aliphatic carbocycles. The molecule has 1 saturated heterocycles. The Hall–Kier alpha value is -1.09. The second-order valence-electron chi connectivity index (χ2n) is 4.27. The molecule has 0 amide bonds. The summed E-state index contributed by atoms with van der Waals surface area (Å²) in [6.45, 7) is 3.59. The van der Waals surface area contributed by atoms with Gasteiger partial charge in [0.15, 0.2) is 0 Å². The zero-order valence-corrected chi connectivity index (χ0v) is 8.11. The summed E-state index contributed by atoms with van der Waals surface area (Å²) < 4.78 is 0. The van der Waals surface area contributed by atoms with Crippen molar-refractivity contribution in [1.29, 1.82) is 0 Å². The van der Waals surface area contributed by atoms with Crippen molar-refractivity contribution in [3.05, 3.63) is 24.5 Å². The summed E-state index contributed by atoms with van der Waals surface area (Å²) in [6, 6.07) is 4.05. The zero-order valence-electron chi connectivity index (χ0n) is 8.11. The van der Waals surface area contributed by atoms with E-state index in [1.54, 1.807) is 0 Å². The van der Waals surface area contributed by atoms with E-state index in [0.29, 0.717) is 0 Å².